The van der Waals surface area contributed by atoms with Gasteiger partial charge in [0.1, 0.15) is 18.2 Å². The number of halogens is 1. The molecular weight excluding hydrogens is 500 g/mol. The molecule has 0 atom stereocenters. The van der Waals surface area contributed by atoms with Crippen molar-refractivity contribution in [3.63, 3.8) is 0 Å². The van der Waals surface area contributed by atoms with E-state index in [2.05, 4.69) is 26.0 Å². The van der Waals surface area contributed by atoms with Crippen LogP contribution < -0.4 is 10.3 Å². The second kappa shape index (κ2) is 10.4. The van der Waals surface area contributed by atoms with Gasteiger partial charge < -0.3 is 4.74 Å². The molecule has 0 unspecified atom stereocenters. The van der Waals surface area contributed by atoms with Crippen LogP contribution in [-0.2, 0) is 13.0 Å². The van der Waals surface area contributed by atoms with Gasteiger partial charge in [0.25, 0.3) is 11.2 Å². The lowest BCUT2D eigenvalue weighted by molar-refractivity contribution is -0.384. The molecule has 0 radical (unpaired) electrons. The highest BCUT2D eigenvalue weighted by Gasteiger charge is 2.13. The monoisotopic (exact) mass is 520 g/mol. The molecule has 9 heteroatoms. The highest BCUT2D eigenvalue weighted by Crippen LogP contribution is 2.24. The van der Waals surface area contributed by atoms with Crippen LogP contribution in [0.4, 0.5) is 5.69 Å². The molecule has 0 N–H and O–H groups in total. The highest BCUT2D eigenvalue weighted by atomic mass is 79.9. The van der Waals surface area contributed by atoms with E-state index in [1.165, 1.54) is 29.1 Å². The average molecular weight is 521 g/mol. The van der Waals surface area contributed by atoms with Crippen molar-refractivity contribution in [3.05, 3.63) is 109 Å². The van der Waals surface area contributed by atoms with Crippen LogP contribution in [0.3, 0.4) is 0 Å². The van der Waals surface area contributed by atoms with E-state index in [9.17, 15) is 14.9 Å². The molecule has 0 aliphatic carbocycles. The van der Waals surface area contributed by atoms with Crippen molar-refractivity contribution in [3.8, 4) is 5.75 Å². The van der Waals surface area contributed by atoms with Crippen LogP contribution in [0.15, 0.2) is 81.1 Å². The Morgan fingerprint density at radius 1 is 1.15 bits per heavy atom. The van der Waals surface area contributed by atoms with E-state index in [0.29, 0.717) is 34.5 Å². The molecule has 3 aromatic carbocycles. The SMILES string of the molecule is CCCc1nc2ccc(Br)cc2c(=O)n1N=Cc1cc([N+](=O)[O-])ccc1OCc1ccccc1. The Labute approximate surface area is 203 Å². The summed E-state index contributed by atoms with van der Waals surface area (Å²) in [6, 6.07) is 19.2. The molecular formula is C25H21BrN4O4. The first kappa shape index (κ1) is 23.3. The van der Waals surface area contributed by atoms with Gasteiger partial charge in [-0.05, 0) is 36.2 Å². The van der Waals surface area contributed by atoms with Crippen LogP contribution in [0.5, 0.6) is 5.75 Å². The summed E-state index contributed by atoms with van der Waals surface area (Å²) in [4.78, 5) is 28.7. The first-order valence-electron chi connectivity index (χ1n) is 10.7. The molecule has 0 saturated heterocycles. The van der Waals surface area contributed by atoms with Crippen LogP contribution in [0, 0.1) is 10.1 Å². The van der Waals surface area contributed by atoms with E-state index >= 15 is 0 Å². The number of nitro benzene ring substituents is 1. The van der Waals surface area contributed by atoms with Gasteiger partial charge in [-0.25, -0.2) is 4.98 Å². The minimum absolute atomic E-state index is 0.102. The largest absolute Gasteiger partial charge is 0.488 e. The summed E-state index contributed by atoms with van der Waals surface area (Å²) in [7, 11) is 0. The maximum atomic E-state index is 13.2. The third kappa shape index (κ3) is 5.20. The summed E-state index contributed by atoms with van der Waals surface area (Å²) in [5, 5.41) is 16.2. The van der Waals surface area contributed by atoms with E-state index in [1.54, 1.807) is 12.1 Å². The zero-order valence-electron chi connectivity index (χ0n) is 18.3. The fourth-order valence-corrected chi connectivity index (χ4v) is 3.80. The molecule has 0 bridgehead atoms. The number of benzene rings is 3. The summed E-state index contributed by atoms with van der Waals surface area (Å²) in [6.45, 7) is 2.27. The average Bonchev–Trinajstić information content (AvgIpc) is 2.84. The Morgan fingerprint density at radius 3 is 2.68 bits per heavy atom. The number of nitro groups is 1. The van der Waals surface area contributed by atoms with Crippen LogP contribution in [0.1, 0.15) is 30.3 Å². The molecule has 34 heavy (non-hydrogen) atoms. The predicted octanol–water partition coefficient (Wildman–Crippen LogP) is 5.48. The maximum absolute atomic E-state index is 13.2. The fourth-order valence-electron chi connectivity index (χ4n) is 3.44. The standard InChI is InChI=1S/C25H21BrN4O4/c1-2-6-24-28-22-11-9-19(26)14-21(22)25(31)29(24)27-15-18-13-20(30(32)33)10-12-23(18)34-16-17-7-4-3-5-8-17/h3-5,7-15H,2,6,16H2,1H3. The number of hydrogen-bond acceptors (Lipinski definition) is 6. The Hall–Kier alpha value is -3.85. The number of ether oxygens (including phenoxy) is 1. The Bertz CT molecular complexity index is 1430. The first-order valence-corrected chi connectivity index (χ1v) is 11.5. The van der Waals surface area contributed by atoms with Gasteiger partial charge in [0.15, 0.2) is 0 Å². The second-order valence-electron chi connectivity index (χ2n) is 7.55. The van der Waals surface area contributed by atoms with Gasteiger partial charge in [-0.15, -0.1) is 0 Å². The molecule has 0 aliphatic rings. The molecule has 4 aromatic rings. The summed E-state index contributed by atoms with van der Waals surface area (Å²) in [6.07, 6.45) is 2.72. The van der Waals surface area contributed by atoms with Crippen LogP contribution in [0.2, 0.25) is 0 Å². The van der Waals surface area contributed by atoms with Crippen molar-refractivity contribution < 1.29 is 9.66 Å². The Kier molecular flexibility index (Phi) is 7.12. The van der Waals surface area contributed by atoms with Crippen molar-refractivity contribution >= 4 is 38.7 Å². The van der Waals surface area contributed by atoms with Crippen LogP contribution in [0.25, 0.3) is 10.9 Å². The lowest BCUT2D eigenvalue weighted by Gasteiger charge is -2.11. The number of fused-ring (bicyclic) bond motifs is 1. The van der Waals surface area contributed by atoms with Crippen LogP contribution in [-0.4, -0.2) is 20.8 Å². The summed E-state index contributed by atoms with van der Waals surface area (Å²) >= 11 is 3.39. The number of non-ortho nitro benzene ring substituents is 1. The summed E-state index contributed by atoms with van der Waals surface area (Å²) in [5.41, 5.74) is 1.51. The van der Waals surface area contributed by atoms with Gasteiger partial charge in [-0.2, -0.15) is 9.78 Å². The van der Waals surface area contributed by atoms with Gasteiger partial charge in [-0.3, -0.25) is 14.9 Å². The van der Waals surface area contributed by atoms with Gasteiger partial charge in [-0.1, -0.05) is 53.2 Å². The second-order valence-corrected chi connectivity index (χ2v) is 8.47. The smallest absolute Gasteiger partial charge is 0.282 e. The maximum Gasteiger partial charge on any atom is 0.282 e. The topological polar surface area (TPSA) is 99.6 Å². The fraction of sp³-hybridized carbons (Fsp3) is 0.160. The van der Waals surface area contributed by atoms with E-state index < -0.39 is 4.92 Å². The normalized spacial score (nSPS) is 11.2. The lowest BCUT2D eigenvalue weighted by Crippen LogP contribution is -2.22. The number of rotatable bonds is 8. The van der Waals surface area contributed by atoms with Crippen molar-refractivity contribution in [2.24, 2.45) is 5.10 Å². The minimum Gasteiger partial charge on any atom is -0.488 e. The molecule has 0 aliphatic heterocycles. The van der Waals surface area contributed by atoms with Gasteiger partial charge in [0.05, 0.1) is 22.0 Å². The molecule has 172 valence electrons. The minimum atomic E-state index is -0.484. The molecule has 4 rings (SSSR count). The molecule has 8 nitrogen and oxygen atoms in total. The predicted molar refractivity (Wildman–Crippen MR) is 135 cm³/mol. The Balaban J connectivity index is 1.76. The zero-order valence-corrected chi connectivity index (χ0v) is 19.9. The van der Waals surface area contributed by atoms with Gasteiger partial charge >= 0.3 is 0 Å². The third-order valence-corrected chi connectivity index (χ3v) is 5.60. The molecule has 0 amide bonds. The molecule has 1 heterocycles. The number of aromatic nitrogens is 2. The van der Waals surface area contributed by atoms with Crippen LogP contribution >= 0.6 is 15.9 Å². The van der Waals surface area contributed by atoms with Crippen molar-refractivity contribution in [1.29, 1.82) is 0 Å². The van der Waals surface area contributed by atoms with Gasteiger partial charge in [0, 0.05) is 28.6 Å². The molecule has 0 saturated carbocycles. The van der Waals surface area contributed by atoms with E-state index in [0.717, 1.165) is 16.5 Å². The number of hydrogen-bond donors (Lipinski definition) is 0. The van der Waals surface area contributed by atoms with E-state index in [-0.39, 0.29) is 17.9 Å². The van der Waals surface area contributed by atoms with Crippen molar-refractivity contribution in [2.75, 3.05) is 0 Å². The molecule has 0 spiro atoms. The molecule has 0 fully saturated rings. The number of aryl methyl sites for hydroxylation is 1. The van der Waals surface area contributed by atoms with E-state index in [4.69, 9.17) is 4.74 Å². The third-order valence-electron chi connectivity index (χ3n) is 5.10. The van der Waals surface area contributed by atoms with Crippen molar-refractivity contribution in [1.82, 2.24) is 9.66 Å². The lowest BCUT2D eigenvalue weighted by atomic mass is 10.2. The highest BCUT2D eigenvalue weighted by molar-refractivity contribution is 9.10. The quantitative estimate of drug-likeness (QED) is 0.174. The first-order chi connectivity index (χ1) is 16.5. The van der Waals surface area contributed by atoms with E-state index in [1.807, 2.05) is 43.3 Å². The summed E-state index contributed by atoms with van der Waals surface area (Å²) in [5.74, 6) is 0.926. The van der Waals surface area contributed by atoms with Gasteiger partial charge in [0.2, 0.25) is 0 Å². The molecule has 1 aromatic heterocycles. The van der Waals surface area contributed by atoms with Crippen molar-refractivity contribution in [2.45, 2.75) is 26.4 Å². The Morgan fingerprint density at radius 2 is 1.94 bits per heavy atom. The number of nitrogens with zero attached hydrogens (tertiary/aromatic N) is 4. The zero-order chi connectivity index (χ0) is 24.1. The summed E-state index contributed by atoms with van der Waals surface area (Å²) < 4.78 is 7.92.